The van der Waals surface area contributed by atoms with Gasteiger partial charge < -0.3 is 93.4 Å². The Balaban J connectivity index is -0.0000000505. The van der Waals surface area contributed by atoms with Crippen molar-refractivity contribution in [3.8, 4) is 0 Å². The normalized spacial score (nSPS) is 10.9. The minimum absolute atomic E-state index is 0. The number of aliphatic hydroxyl groups is 14. The van der Waals surface area contributed by atoms with E-state index in [0.29, 0.717) is 0 Å². The third-order valence-electron chi connectivity index (χ3n) is 3.11. The smallest absolute Gasteiger partial charge is 0.181 e. The molecule has 2 radical (unpaired) electrons. The summed E-state index contributed by atoms with van der Waals surface area (Å²) in [4.78, 5) is 0. The van der Waals surface area contributed by atoms with E-state index in [-0.39, 0.29) is 55.5 Å². The molecule has 0 amide bonds. The molecule has 0 spiro atoms. The predicted molar refractivity (Wildman–Crippen MR) is 92.2 cm³/mol. The Morgan fingerprint density at radius 1 is 0.375 bits per heavy atom. The molecule has 0 atom stereocenters. The topological polar surface area (TPSA) is 409 Å². The molecule has 0 fully saturated rings. The van der Waals surface area contributed by atoms with Crippen LogP contribution >= 0.6 is 0 Å². The van der Waals surface area contributed by atoms with Crippen LogP contribution < -0.4 is 0 Å². The van der Waals surface area contributed by atoms with Gasteiger partial charge in [-0.3, -0.25) is 0 Å². The molecule has 18 nitrogen and oxygen atoms in total. The van der Waals surface area contributed by atoms with Gasteiger partial charge in [-0.05, 0) is 0 Å². The molecule has 0 aliphatic heterocycles. The molecule has 32 heavy (non-hydrogen) atoms. The van der Waals surface area contributed by atoms with Gasteiger partial charge in [-0.1, -0.05) is 0 Å². The molecule has 22 N–H and O–H groups in total. The Bertz CT molecular complexity index is 316. The van der Waals surface area contributed by atoms with Crippen LogP contribution in [0.3, 0.4) is 0 Å². The van der Waals surface area contributed by atoms with Crippen molar-refractivity contribution < 1.29 is 127 Å². The Kier molecular flexibility index (Phi) is 40.9. The molecule has 0 bridgehead atoms. The monoisotopic (exact) mass is 586 g/mol. The van der Waals surface area contributed by atoms with Crippen LogP contribution in [0.15, 0.2) is 0 Å². The maximum absolute atomic E-state index is 9.29. The second-order valence-electron chi connectivity index (χ2n) is 5.69. The van der Waals surface area contributed by atoms with Crippen molar-refractivity contribution in [1.82, 2.24) is 0 Å². The molecular formula is C12H36Co2O18. The minimum Gasteiger partial charge on any atom is -0.412 e. The van der Waals surface area contributed by atoms with E-state index in [1.165, 1.54) is 0 Å². The summed E-state index contributed by atoms with van der Waals surface area (Å²) in [5, 5.41) is 121. The molecule has 20 heteroatoms. The van der Waals surface area contributed by atoms with Crippen molar-refractivity contribution >= 4 is 0 Å². The Labute approximate surface area is 201 Å². The molecule has 0 heterocycles. The van der Waals surface area contributed by atoms with Crippen molar-refractivity contribution in [2.45, 2.75) is 74.6 Å². The summed E-state index contributed by atoms with van der Waals surface area (Å²) in [6.45, 7) is 0. The number of rotatable bonds is 10. The summed E-state index contributed by atoms with van der Waals surface area (Å²) in [5.41, 5.74) is -4.69. The van der Waals surface area contributed by atoms with Crippen LogP contribution in [0.25, 0.3) is 0 Å². The number of hydrogen-bond donors (Lipinski definition) is 14. The largest absolute Gasteiger partial charge is 0.412 e. The van der Waals surface area contributed by atoms with E-state index < -0.39 is 74.6 Å². The van der Waals surface area contributed by atoms with Crippen molar-refractivity contribution in [3.63, 3.8) is 0 Å². The summed E-state index contributed by atoms with van der Waals surface area (Å²) in [6, 6.07) is 0. The van der Waals surface area contributed by atoms with Crippen LogP contribution in [0, 0.1) is 0 Å². The fourth-order valence-corrected chi connectivity index (χ4v) is 1.85. The average molecular weight is 586 g/mol. The van der Waals surface area contributed by atoms with Gasteiger partial charge in [-0.15, -0.1) is 0 Å². The van der Waals surface area contributed by atoms with Gasteiger partial charge in [0.2, 0.25) is 0 Å². The number of aliphatic hydroxyl groups excluding tert-OH is 6. The fraction of sp³-hybridized carbons (Fsp3) is 1.00. The third kappa shape index (κ3) is 24.9. The second kappa shape index (κ2) is 24.4. The third-order valence-corrected chi connectivity index (χ3v) is 3.11. The molecular weight excluding hydrogens is 550 g/mol. The van der Waals surface area contributed by atoms with Crippen LogP contribution in [0.4, 0.5) is 0 Å². The Morgan fingerprint density at radius 3 is 0.562 bits per heavy atom. The zero-order chi connectivity index (χ0) is 21.3. The van der Waals surface area contributed by atoms with E-state index >= 15 is 0 Å². The van der Waals surface area contributed by atoms with E-state index in [0.717, 1.165) is 0 Å². The molecule has 0 saturated carbocycles. The standard InChI is InChI=1S/2C6H14O7.2Co.4H2O/c2*7-3(8)1-6(13,5(11)12)2-4(9)10;;;;;;/h2*3-5,7-13H,1-2H2;;;4*1H2. The summed E-state index contributed by atoms with van der Waals surface area (Å²) in [5.74, 6) is 0. The minimum atomic E-state index is -2.34. The first kappa shape index (κ1) is 53.6. The van der Waals surface area contributed by atoms with Crippen LogP contribution in [0.2, 0.25) is 0 Å². The second-order valence-corrected chi connectivity index (χ2v) is 5.69. The first-order chi connectivity index (χ1) is 11.6. The fourth-order valence-electron chi connectivity index (χ4n) is 1.85. The molecule has 0 rings (SSSR count). The average Bonchev–Trinajstić information content (AvgIpc) is 2.34. The van der Waals surface area contributed by atoms with Crippen LogP contribution in [-0.2, 0) is 33.6 Å². The van der Waals surface area contributed by atoms with Crippen molar-refractivity contribution in [2.24, 2.45) is 0 Å². The van der Waals surface area contributed by atoms with Gasteiger partial charge in [0.05, 0.1) is 0 Å². The van der Waals surface area contributed by atoms with E-state index in [2.05, 4.69) is 0 Å². The first-order valence-electron chi connectivity index (χ1n) is 7.17. The van der Waals surface area contributed by atoms with E-state index in [9.17, 15) is 10.2 Å². The molecule has 0 unspecified atom stereocenters. The Morgan fingerprint density at radius 2 is 0.500 bits per heavy atom. The summed E-state index contributed by atoms with van der Waals surface area (Å²) in [7, 11) is 0. The van der Waals surface area contributed by atoms with Crippen LogP contribution in [0.1, 0.15) is 25.7 Å². The van der Waals surface area contributed by atoms with Gasteiger partial charge in [-0.25, -0.2) is 0 Å². The first-order valence-corrected chi connectivity index (χ1v) is 7.17. The van der Waals surface area contributed by atoms with Gasteiger partial charge in [-0.2, -0.15) is 0 Å². The predicted octanol–water partition coefficient (Wildman–Crippen LogP) is -10.4. The van der Waals surface area contributed by atoms with E-state index in [4.69, 9.17) is 61.3 Å². The summed E-state index contributed by atoms with van der Waals surface area (Å²) >= 11 is 0. The quantitative estimate of drug-likeness (QED) is 0.106. The van der Waals surface area contributed by atoms with E-state index in [1.54, 1.807) is 0 Å². The van der Waals surface area contributed by atoms with Gasteiger partial charge in [0, 0.05) is 59.2 Å². The molecule has 0 aliphatic rings. The summed E-state index contributed by atoms with van der Waals surface area (Å²) < 4.78 is 0. The van der Waals surface area contributed by atoms with Gasteiger partial charge in [0.25, 0.3) is 0 Å². The number of hydrogen-bond acceptors (Lipinski definition) is 14. The maximum Gasteiger partial charge on any atom is 0.181 e. The molecule has 0 aliphatic carbocycles. The molecule has 210 valence electrons. The molecule has 0 aromatic carbocycles. The van der Waals surface area contributed by atoms with Crippen LogP contribution in [0.5, 0.6) is 0 Å². The van der Waals surface area contributed by atoms with Crippen molar-refractivity contribution in [1.29, 1.82) is 0 Å². The van der Waals surface area contributed by atoms with Gasteiger partial charge in [0.15, 0.2) is 37.7 Å². The van der Waals surface area contributed by atoms with Gasteiger partial charge >= 0.3 is 0 Å². The Hall–Kier alpha value is 0.293. The van der Waals surface area contributed by atoms with Crippen molar-refractivity contribution in [2.75, 3.05) is 0 Å². The molecule has 0 saturated heterocycles. The van der Waals surface area contributed by atoms with Crippen molar-refractivity contribution in [3.05, 3.63) is 0 Å². The van der Waals surface area contributed by atoms with Crippen LogP contribution in [-0.4, -0.2) is 142 Å². The van der Waals surface area contributed by atoms with Gasteiger partial charge in [0.1, 0.15) is 11.2 Å². The molecule has 0 aromatic rings. The maximum atomic E-state index is 9.29. The molecule has 0 aromatic heterocycles. The zero-order valence-electron chi connectivity index (χ0n) is 16.2. The summed E-state index contributed by atoms with van der Waals surface area (Å²) in [6.07, 6.45) is -15.6. The van der Waals surface area contributed by atoms with E-state index in [1.807, 2.05) is 0 Å². The SMILES string of the molecule is O.O.O.O.OC(O)CC(O)(CC(O)O)C(O)O.OC(O)CC(O)(CC(O)O)C(O)O.[Co].[Co]. The zero-order valence-corrected chi connectivity index (χ0v) is 18.3.